The number of carbonyl (C=O) groups excluding carboxylic acids is 1. The van der Waals surface area contributed by atoms with E-state index in [9.17, 15) is 18.0 Å². The number of carbonyl (C=O) groups is 1. The zero-order chi connectivity index (χ0) is 29.6. The first-order chi connectivity index (χ1) is 19.4. The highest BCUT2D eigenvalue weighted by molar-refractivity contribution is 5.67. The quantitative estimate of drug-likeness (QED) is 0.336. The molecule has 0 radical (unpaired) electrons. The van der Waals surface area contributed by atoms with Gasteiger partial charge in [0.05, 0.1) is 31.0 Å². The third kappa shape index (κ3) is 8.65. The molecule has 0 bridgehead atoms. The molecular weight excluding hydrogens is 543 g/mol. The molecule has 0 saturated heterocycles. The molecule has 4 rings (SSSR count). The zero-order valence-corrected chi connectivity index (χ0v) is 23.6. The average molecular weight is 580 g/mol. The molecule has 1 saturated carbocycles. The first-order valence-electron chi connectivity index (χ1n) is 13.5. The summed E-state index contributed by atoms with van der Waals surface area (Å²) in [7, 11) is 1.85. The molecule has 41 heavy (non-hydrogen) atoms. The highest BCUT2D eigenvalue weighted by Crippen LogP contribution is 2.37. The van der Waals surface area contributed by atoms with E-state index in [4.69, 9.17) is 14.2 Å². The van der Waals surface area contributed by atoms with Gasteiger partial charge in [0.25, 0.3) is 0 Å². The van der Waals surface area contributed by atoms with Gasteiger partial charge in [-0.2, -0.15) is 13.2 Å². The molecule has 1 aliphatic carbocycles. The number of rotatable bonds is 10. The largest absolute Gasteiger partial charge is 0.486 e. The van der Waals surface area contributed by atoms with E-state index in [0.717, 1.165) is 43.6 Å². The molecule has 1 aliphatic rings. The fraction of sp³-hybridized carbons (Fsp3) is 0.593. The number of benzene rings is 1. The second-order valence-corrected chi connectivity index (χ2v) is 11.0. The highest BCUT2D eigenvalue weighted by Gasteiger charge is 2.31. The van der Waals surface area contributed by atoms with Crippen LogP contribution in [0.2, 0.25) is 0 Å². The minimum absolute atomic E-state index is 0.0149. The number of nitrogens with one attached hydrogen (secondary N) is 1. The van der Waals surface area contributed by atoms with Crippen LogP contribution in [0.25, 0.3) is 0 Å². The molecule has 0 unspecified atom stereocenters. The Balaban J connectivity index is 1.21. The summed E-state index contributed by atoms with van der Waals surface area (Å²) in [5.74, 6) is 1.70. The molecule has 2 heterocycles. The van der Waals surface area contributed by atoms with Crippen molar-refractivity contribution in [3.8, 4) is 5.75 Å². The van der Waals surface area contributed by atoms with Gasteiger partial charge < -0.3 is 24.1 Å². The molecule has 2 aromatic heterocycles. The van der Waals surface area contributed by atoms with E-state index in [1.807, 2.05) is 22.5 Å². The lowest BCUT2D eigenvalue weighted by molar-refractivity contribution is -0.137. The van der Waals surface area contributed by atoms with E-state index in [1.165, 1.54) is 12.1 Å². The molecule has 0 aliphatic heterocycles. The van der Waals surface area contributed by atoms with Crippen molar-refractivity contribution in [2.24, 2.45) is 7.05 Å². The molecule has 0 spiro atoms. The van der Waals surface area contributed by atoms with E-state index in [2.05, 4.69) is 25.8 Å². The number of halogens is 3. The van der Waals surface area contributed by atoms with E-state index >= 15 is 0 Å². The maximum atomic E-state index is 13.0. The normalized spacial score (nSPS) is 17.8. The lowest BCUT2D eigenvalue weighted by atomic mass is 9.85. The van der Waals surface area contributed by atoms with Crippen LogP contribution in [0.5, 0.6) is 5.75 Å². The number of hydrogen-bond acceptors (Lipinski definition) is 8. The molecule has 0 atom stereocenters. The lowest BCUT2D eigenvalue weighted by Crippen LogP contribution is -2.34. The summed E-state index contributed by atoms with van der Waals surface area (Å²) in [6.45, 7) is 6.36. The predicted molar refractivity (Wildman–Crippen MR) is 141 cm³/mol. The molecule has 1 N–H and O–H groups in total. The van der Waals surface area contributed by atoms with Crippen molar-refractivity contribution in [1.82, 2.24) is 35.1 Å². The summed E-state index contributed by atoms with van der Waals surface area (Å²) in [5, 5.41) is 19.7. The van der Waals surface area contributed by atoms with Gasteiger partial charge in [0.15, 0.2) is 5.82 Å². The topological polar surface area (TPSA) is 118 Å². The van der Waals surface area contributed by atoms with Crippen LogP contribution < -0.4 is 10.1 Å². The van der Waals surface area contributed by atoms with Gasteiger partial charge in [-0.1, -0.05) is 11.3 Å². The maximum Gasteiger partial charge on any atom is 0.416 e. The van der Waals surface area contributed by atoms with Gasteiger partial charge in [-0.25, -0.2) is 9.48 Å². The average Bonchev–Trinajstić information content (AvgIpc) is 3.52. The Morgan fingerprint density at radius 1 is 1.07 bits per heavy atom. The van der Waals surface area contributed by atoms with Gasteiger partial charge in [0, 0.05) is 19.5 Å². The lowest BCUT2D eigenvalue weighted by Gasteiger charge is -2.27. The number of aromatic nitrogens is 6. The standard InChI is InChI=1S/C27H36F3N7O4/c1-26(2,3)41-25(38)31-12-13-39-16-20-15-37(35-32-20)21-10-8-18(9-11-21)24-34-33-23(36(24)4)17-40-22-7-5-6-19(14-22)27(28,29)30/h5-7,14-15,18,21H,8-13,16-17H2,1-4H3,(H,31,38)/t18-,21-. The molecule has 1 fully saturated rings. The Hall–Kier alpha value is -3.68. The maximum absolute atomic E-state index is 13.0. The molecule has 1 aromatic carbocycles. The summed E-state index contributed by atoms with van der Waals surface area (Å²) in [5.41, 5.74) is -0.596. The van der Waals surface area contributed by atoms with Crippen LogP contribution in [0.15, 0.2) is 30.5 Å². The number of ether oxygens (including phenoxy) is 3. The molecule has 11 nitrogen and oxygen atoms in total. The van der Waals surface area contributed by atoms with Crippen LogP contribution in [0.3, 0.4) is 0 Å². The SMILES string of the molecule is Cn1c(COc2cccc(C(F)(F)F)c2)nnc1[C@H]1CC[C@H](n2cc(COCCNC(=O)OC(C)(C)C)nn2)CC1. The summed E-state index contributed by atoms with van der Waals surface area (Å²) in [6.07, 6.45) is 0.510. The van der Waals surface area contributed by atoms with E-state index in [0.29, 0.717) is 24.7 Å². The van der Waals surface area contributed by atoms with Gasteiger partial charge in [0.2, 0.25) is 0 Å². The second-order valence-electron chi connectivity index (χ2n) is 11.0. The number of nitrogens with zero attached hydrogens (tertiary/aromatic N) is 6. The van der Waals surface area contributed by atoms with Gasteiger partial charge >= 0.3 is 12.3 Å². The van der Waals surface area contributed by atoms with Crippen LogP contribution in [0, 0.1) is 0 Å². The van der Waals surface area contributed by atoms with Crippen molar-refractivity contribution in [3.63, 3.8) is 0 Å². The molecule has 224 valence electrons. The number of amides is 1. The van der Waals surface area contributed by atoms with Crippen molar-refractivity contribution < 1.29 is 32.2 Å². The number of alkyl carbamates (subject to hydrolysis) is 1. The smallest absolute Gasteiger partial charge is 0.416 e. The first-order valence-corrected chi connectivity index (χ1v) is 13.5. The van der Waals surface area contributed by atoms with E-state index in [1.54, 1.807) is 20.8 Å². The van der Waals surface area contributed by atoms with Crippen molar-refractivity contribution in [3.05, 3.63) is 53.4 Å². The van der Waals surface area contributed by atoms with Crippen LogP contribution in [0.4, 0.5) is 18.0 Å². The van der Waals surface area contributed by atoms with Crippen molar-refractivity contribution >= 4 is 6.09 Å². The summed E-state index contributed by atoms with van der Waals surface area (Å²) in [4.78, 5) is 11.7. The van der Waals surface area contributed by atoms with Crippen LogP contribution in [-0.4, -0.2) is 54.6 Å². The van der Waals surface area contributed by atoms with Crippen LogP contribution in [0.1, 0.15) is 81.3 Å². The monoisotopic (exact) mass is 579 g/mol. The van der Waals surface area contributed by atoms with Crippen molar-refractivity contribution in [2.45, 2.75) is 83.4 Å². The van der Waals surface area contributed by atoms with Gasteiger partial charge in [0.1, 0.15) is 29.5 Å². The van der Waals surface area contributed by atoms with Crippen molar-refractivity contribution in [1.29, 1.82) is 0 Å². The van der Waals surface area contributed by atoms with Crippen molar-refractivity contribution in [2.75, 3.05) is 13.2 Å². The molecular formula is C27H36F3N7O4. The highest BCUT2D eigenvalue weighted by atomic mass is 19.4. The minimum Gasteiger partial charge on any atom is -0.486 e. The summed E-state index contributed by atoms with van der Waals surface area (Å²) >= 11 is 0. The third-order valence-electron chi connectivity index (χ3n) is 6.69. The third-order valence-corrected chi connectivity index (χ3v) is 6.69. The van der Waals surface area contributed by atoms with Crippen LogP contribution >= 0.6 is 0 Å². The predicted octanol–water partition coefficient (Wildman–Crippen LogP) is 4.94. The minimum atomic E-state index is -4.43. The van der Waals surface area contributed by atoms with E-state index in [-0.39, 0.29) is 30.9 Å². The zero-order valence-electron chi connectivity index (χ0n) is 23.6. The molecule has 3 aromatic rings. The Morgan fingerprint density at radius 3 is 2.54 bits per heavy atom. The number of alkyl halides is 3. The fourth-order valence-corrected chi connectivity index (χ4v) is 4.64. The summed E-state index contributed by atoms with van der Waals surface area (Å²) in [6, 6.07) is 4.99. The molecule has 14 heteroatoms. The first kappa shape index (κ1) is 30.3. The Morgan fingerprint density at radius 2 is 1.83 bits per heavy atom. The van der Waals surface area contributed by atoms with Crippen LogP contribution in [-0.2, 0) is 35.9 Å². The fourth-order valence-electron chi connectivity index (χ4n) is 4.64. The summed E-state index contributed by atoms with van der Waals surface area (Å²) < 4.78 is 59.0. The number of hydrogen-bond donors (Lipinski definition) is 1. The second kappa shape index (κ2) is 12.9. The van der Waals surface area contributed by atoms with E-state index < -0.39 is 23.4 Å². The van der Waals surface area contributed by atoms with Gasteiger partial charge in [-0.05, 0) is 64.7 Å². The Bertz CT molecular complexity index is 1290. The van der Waals surface area contributed by atoms with Gasteiger partial charge in [-0.3, -0.25) is 0 Å². The Labute approximate surface area is 236 Å². The Kier molecular flexibility index (Phi) is 9.51. The molecule has 1 amide bonds. The van der Waals surface area contributed by atoms with Gasteiger partial charge in [-0.15, -0.1) is 15.3 Å².